The second kappa shape index (κ2) is 10.6. The van der Waals surface area contributed by atoms with Crippen molar-refractivity contribution in [3.63, 3.8) is 0 Å². The first-order valence-corrected chi connectivity index (χ1v) is 5.01. The smallest absolute Gasteiger partial charge is 0.306 e. The third kappa shape index (κ3) is 6.03. The van der Waals surface area contributed by atoms with Gasteiger partial charge in [0.05, 0.1) is 0 Å². The van der Waals surface area contributed by atoms with Crippen LogP contribution in [0.25, 0.3) is 0 Å². The van der Waals surface area contributed by atoms with Gasteiger partial charge in [0.2, 0.25) is 0 Å². The molecular formula is C10H24O8. The van der Waals surface area contributed by atoms with Gasteiger partial charge in [-0.15, -0.1) is 0 Å². The molecule has 112 valence electrons. The maximum atomic E-state index is 8.60. The van der Waals surface area contributed by atoms with E-state index >= 15 is 0 Å². The Labute approximate surface area is 107 Å². The highest BCUT2D eigenvalue weighted by atomic mass is 16.9. The molecule has 0 aliphatic carbocycles. The summed E-state index contributed by atoms with van der Waals surface area (Å²) >= 11 is 0. The van der Waals surface area contributed by atoms with E-state index in [1.165, 1.54) is 42.7 Å². The number of rotatable bonds is 8. The molecule has 0 saturated heterocycles. The fraction of sp³-hybridized carbons (Fsp3) is 1.00. The van der Waals surface area contributed by atoms with E-state index in [0.717, 1.165) is 0 Å². The summed E-state index contributed by atoms with van der Waals surface area (Å²) in [4.78, 5) is 0. The van der Waals surface area contributed by atoms with E-state index in [-0.39, 0.29) is 13.2 Å². The SMILES string of the molecule is COC(CO)(OC)OC.COC(CO)(OC)OC. The first kappa shape index (κ1) is 20.0. The van der Waals surface area contributed by atoms with Crippen LogP contribution in [0.2, 0.25) is 0 Å². The predicted molar refractivity (Wildman–Crippen MR) is 61.7 cm³/mol. The summed E-state index contributed by atoms with van der Waals surface area (Å²) in [5.74, 6) is -2.56. The Morgan fingerprint density at radius 2 is 0.722 bits per heavy atom. The van der Waals surface area contributed by atoms with Crippen LogP contribution in [-0.4, -0.2) is 78.0 Å². The van der Waals surface area contributed by atoms with E-state index in [2.05, 4.69) is 0 Å². The minimum absolute atomic E-state index is 0.323. The van der Waals surface area contributed by atoms with Gasteiger partial charge < -0.3 is 38.6 Å². The van der Waals surface area contributed by atoms with Crippen molar-refractivity contribution in [3.05, 3.63) is 0 Å². The van der Waals surface area contributed by atoms with Gasteiger partial charge in [0.1, 0.15) is 13.2 Å². The minimum atomic E-state index is -1.28. The van der Waals surface area contributed by atoms with Crippen LogP contribution in [0.15, 0.2) is 0 Å². The van der Waals surface area contributed by atoms with Crippen molar-refractivity contribution < 1.29 is 38.6 Å². The Morgan fingerprint density at radius 1 is 0.556 bits per heavy atom. The van der Waals surface area contributed by atoms with Crippen molar-refractivity contribution in [2.45, 2.75) is 11.9 Å². The van der Waals surface area contributed by atoms with E-state index in [1.807, 2.05) is 0 Å². The summed E-state index contributed by atoms with van der Waals surface area (Å²) in [6.45, 7) is -0.646. The van der Waals surface area contributed by atoms with Crippen LogP contribution in [0.1, 0.15) is 0 Å². The topological polar surface area (TPSA) is 95.8 Å². The predicted octanol–water partition coefficient (Wildman–Crippen LogP) is -0.857. The lowest BCUT2D eigenvalue weighted by Gasteiger charge is -2.25. The van der Waals surface area contributed by atoms with Crippen molar-refractivity contribution in [1.29, 1.82) is 0 Å². The number of aliphatic hydroxyl groups is 2. The number of hydrogen-bond acceptors (Lipinski definition) is 8. The van der Waals surface area contributed by atoms with Gasteiger partial charge in [0, 0.05) is 42.7 Å². The zero-order valence-corrected chi connectivity index (χ0v) is 11.8. The fourth-order valence-electron chi connectivity index (χ4n) is 0.887. The van der Waals surface area contributed by atoms with Gasteiger partial charge in [-0.3, -0.25) is 0 Å². The van der Waals surface area contributed by atoms with Crippen molar-refractivity contribution in [2.75, 3.05) is 55.9 Å². The molecule has 0 rings (SSSR count). The van der Waals surface area contributed by atoms with Gasteiger partial charge >= 0.3 is 11.9 Å². The van der Waals surface area contributed by atoms with E-state index < -0.39 is 11.9 Å². The molecule has 0 spiro atoms. The molecule has 0 aromatic heterocycles. The van der Waals surface area contributed by atoms with Crippen LogP contribution in [0.4, 0.5) is 0 Å². The Morgan fingerprint density at radius 3 is 0.722 bits per heavy atom. The van der Waals surface area contributed by atoms with Crippen LogP contribution in [0, 0.1) is 0 Å². The zero-order chi connectivity index (χ0) is 14.7. The van der Waals surface area contributed by atoms with Gasteiger partial charge in [-0.25, -0.2) is 0 Å². The van der Waals surface area contributed by atoms with Crippen molar-refractivity contribution in [1.82, 2.24) is 0 Å². The maximum Gasteiger partial charge on any atom is 0.306 e. The van der Waals surface area contributed by atoms with E-state index in [4.69, 9.17) is 38.6 Å². The largest absolute Gasteiger partial charge is 0.388 e. The quantitative estimate of drug-likeness (QED) is 0.551. The van der Waals surface area contributed by atoms with Crippen LogP contribution in [0.5, 0.6) is 0 Å². The van der Waals surface area contributed by atoms with Crippen LogP contribution in [0.3, 0.4) is 0 Å². The minimum Gasteiger partial charge on any atom is -0.388 e. The highest BCUT2D eigenvalue weighted by molar-refractivity contribution is 4.49. The Hall–Kier alpha value is -0.320. The molecule has 0 aliphatic rings. The highest BCUT2D eigenvalue weighted by Crippen LogP contribution is 2.09. The van der Waals surface area contributed by atoms with Crippen molar-refractivity contribution >= 4 is 0 Å². The van der Waals surface area contributed by atoms with Gasteiger partial charge in [0.25, 0.3) is 0 Å². The molecule has 0 bridgehead atoms. The van der Waals surface area contributed by atoms with Crippen LogP contribution < -0.4 is 0 Å². The number of hydrogen-bond donors (Lipinski definition) is 2. The van der Waals surface area contributed by atoms with Gasteiger partial charge in [-0.2, -0.15) is 0 Å². The fourth-order valence-corrected chi connectivity index (χ4v) is 0.887. The van der Waals surface area contributed by atoms with Crippen LogP contribution in [-0.2, 0) is 28.4 Å². The molecule has 0 fully saturated rings. The molecule has 0 amide bonds. The second-order valence-electron chi connectivity index (χ2n) is 2.91. The Kier molecular flexibility index (Phi) is 11.8. The summed E-state index contributed by atoms with van der Waals surface area (Å²) in [6.07, 6.45) is 0. The molecule has 0 aromatic carbocycles. The molecule has 18 heavy (non-hydrogen) atoms. The third-order valence-electron chi connectivity index (χ3n) is 2.25. The third-order valence-corrected chi connectivity index (χ3v) is 2.25. The summed E-state index contributed by atoms with van der Waals surface area (Å²) in [5.41, 5.74) is 0. The zero-order valence-electron chi connectivity index (χ0n) is 11.8. The van der Waals surface area contributed by atoms with E-state index in [1.54, 1.807) is 0 Å². The second-order valence-corrected chi connectivity index (χ2v) is 2.91. The summed E-state index contributed by atoms with van der Waals surface area (Å²) in [6, 6.07) is 0. The molecule has 8 nitrogen and oxygen atoms in total. The maximum absolute atomic E-state index is 8.60. The molecule has 0 aliphatic heterocycles. The molecule has 2 N–H and O–H groups in total. The lowest BCUT2D eigenvalue weighted by atomic mass is 10.6. The Bertz CT molecular complexity index is 124. The number of methoxy groups -OCH3 is 6. The summed E-state index contributed by atoms with van der Waals surface area (Å²) in [5, 5.41) is 17.2. The van der Waals surface area contributed by atoms with Gasteiger partial charge in [-0.1, -0.05) is 0 Å². The molecule has 0 unspecified atom stereocenters. The number of ether oxygens (including phenoxy) is 6. The first-order valence-electron chi connectivity index (χ1n) is 5.01. The van der Waals surface area contributed by atoms with Crippen LogP contribution >= 0.6 is 0 Å². The number of aliphatic hydroxyl groups excluding tert-OH is 2. The highest BCUT2D eigenvalue weighted by Gasteiger charge is 2.28. The molecule has 0 heterocycles. The molecule has 0 radical (unpaired) electrons. The molecule has 0 saturated carbocycles. The molecule has 8 heteroatoms. The van der Waals surface area contributed by atoms with Gasteiger partial charge in [-0.05, 0) is 0 Å². The average Bonchev–Trinajstić information content (AvgIpc) is 2.46. The Balaban J connectivity index is 0. The first-order chi connectivity index (χ1) is 8.49. The lowest BCUT2D eigenvalue weighted by Crippen LogP contribution is -2.39. The molecular weight excluding hydrogens is 248 g/mol. The normalized spacial score (nSPS) is 12.0. The lowest BCUT2D eigenvalue weighted by molar-refractivity contribution is -0.364. The standard InChI is InChI=1S/2C5H12O4/c2*1-7-5(4-6,8-2)9-3/h2*6H,4H2,1-3H3. The summed E-state index contributed by atoms with van der Waals surface area (Å²) in [7, 11) is 8.35. The monoisotopic (exact) mass is 272 g/mol. The van der Waals surface area contributed by atoms with Gasteiger partial charge in [0.15, 0.2) is 0 Å². The summed E-state index contributed by atoms with van der Waals surface area (Å²) < 4.78 is 28.1. The van der Waals surface area contributed by atoms with E-state index in [9.17, 15) is 0 Å². The van der Waals surface area contributed by atoms with Crippen molar-refractivity contribution in [3.8, 4) is 0 Å². The average molecular weight is 272 g/mol. The molecule has 0 atom stereocenters. The van der Waals surface area contributed by atoms with E-state index in [0.29, 0.717) is 0 Å². The van der Waals surface area contributed by atoms with Crippen molar-refractivity contribution in [2.24, 2.45) is 0 Å². The molecule has 0 aromatic rings.